The zero-order chi connectivity index (χ0) is 10.4. The number of hydrogen-bond acceptors (Lipinski definition) is 4. The second-order valence-corrected chi connectivity index (χ2v) is 3.87. The molecular weight excluding hydrogens is 200 g/mol. The fourth-order valence-electron chi connectivity index (χ4n) is 0.980. The highest BCUT2D eigenvalue weighted by Crippen LogP contribution is 2.13. The van der Waals surface area contributed by atoms with Gasteiger partial charge in [0.15, 0.2) is 0 Å². The Kier molecular flexibility index (Phi) is 4.55. The lowest BCUT2D eigenvalue weighted by Crippen LogP contribution is -2.41. The Hall–Kier alpha value is -0.940. The third kappa shape index (κ3) is 3.43. The molecule has 0 spiro atoms. The first-order chi connectivity index (χ1) is 6.74. The number of amides is 1. The quantitative estimate of drug-likeness (QED) is 0.727. The Balaban J connectivity index is 2.23. The van der Waals surface area contributed by atoms with E-state index >= 15 is 0 Å². The van der Waals surface area contributed by atoms with Crippen LogP contribution in [-0.2, 0) is 10.5 Å². The maximum Gasteiger partial charge on any atom is 0.235 e. The molecule has 0 fully saturated rings. The molecule has 0 aromatic carbocycles. The van der Waals surface area contributed by atoms with Crippen molar-refractivity contribution in [2.75, 3.05) is 12.8 Å². The van der Waals surface area contributed by atoms with Crippen LogP contribution in [0.3, 0.4) is 0 Å². The van der Waals surface area contributed by atoms with Gasteiger partial charge in [-0.1, -0.05) is 0 Å². The molecule has 0 aliphatic rings. The van der Waals surface area contributed by atoms with E-state index < -0.39 is 0 Å². The van der Waals surface area contributed by atoms with Gasteiger partial charge < -0.3 is 15.5 Å². The lowest BCUT2D eigenvalue weighted by atomic mass is 10.3. The minimum Gasteiger partial charge on any atom is -0.468 e. The summed E-state index contributed by atoms with van der Waals surface area (Å²) in [5, 5.41) is 2.86. The molecule has 0 saturated carbocycles. The molecule has 0 aliphatic heterocycles. The van der Waals surface area contributed by atoms with E-state index in [0.717, 1.165) is 11.5 Å². The molecule has 1 heterocycles. The minimum atomic E-state index is -0.320. The van der Waals surface area contributed by atoms with Crippen LogP contribution in [0.15, 0.2) is 22.8 Å². The summed E-state index contributed by atoms with van der Waals surface area (Å²) in [6, 6.07) is 3.49. The first-order valence-electron chi connectivity index (χ1n) is 4.30. The van der Waals surface area contributed by atoms with Crippen LogP contribution in [0.4, 0.5) is 0 Å². The van der Waals surface area contributed by atoms with Gasteiger partial charge >= 0.3 is 0 Å². The van der Waals surface area contributed by atoms with Gasteiger partial charge in [0.2, 0.25) is 5.91 Å². The van der Waals surface area contributed by atoms with E-state index in [1.54, 1.807) is 25.1 Å². The van der Waals surface area contributed by atoms with E-state index in [2.05, 4.69) is 5.32 Å². The van der Waals surface area contributed by atoms with E-state index in [4.69, 9.17) is 10.2 Å². The summed E-state index contributed by atoms with van der Waals surface area (Å²) in [4.78, 5) is 10.8. The zero-order valence-corrected chi connectivity index (χ0v) is 8.84. The molecule has 3 N–H and O–H groups in total. The molecule has 1 atom stereocenters. The lowest BCUT2D eigenvalue weighted by Gasteiger charge is -2.10. The van der Waals surface area contributed by atoms with E-state index in [1.165, 1.54) is 0 Å². The van der Waals surface area contributed by atoms with Crippen molar-refractivity contribution in [2.45, 2.75) is 11.8 Å². The van der Waals surface area contributed by atoms with Crippen LogP contribution in [-0.4, -0.2) is 24.7 Å². The third-order valence-electron chi connectivity index (χ3n) is 1.80. The summed E-state index contributed by atoms with van der Waals surface area (Å²) < 4.78 is 5.15. The SMILES string of the molecule is CNC(CSCc1ccco1)C(N)=O. The van der Waals surface area contributed by atoms with Crippen molar-refractivity contribution >= 4 is 17.7 Å². The summed E-state index contributed by atoms with van der Waals surface area (Å²) in [5.41, 5.74) is 5.17. The van der Waals surface area contributed by atoms with Gasteiger partial charge in [0.05, 0.1) is 18.1 Å². The first-order valence-corrected chi connectivity index (χ1v) is 5.46. The van der Waals surface area contributed by atoms with Gasteiger partial charge in [0.25, 0.3) is 0 Å². The van der Waals surface area contributed by atoms with Crippen molar-refractivity contribution in [3.05, 3.63) is 24.2 Å². The minimum absolute atomic E-state index is 0.269. The number of nitrogens with two attached hydrogens (primary N) is 1. The van der Waals surface area contributed by atoms with Crippen molar-refractivity contribution in [3.63, 3.8) is 0 Å². The van der Waals surface area contributed by atoms with Gasteiger partial charge in [0.1, 0.15) is 5.76 Å². The number of carbonyl (C=O) groups is 1. The smallest absolute Gasteiger partial charge is 0.235 e. The number of furan rings is 1. The van der Waals surface area contributed by atoms with Crippen LogP contribution in [0.2, 0.25) is 0 Å². The fraction of sp³-hybridized carbons (Fsp3) is 0.444. The zero-order valence-electron chi connectivity index (χ0n) is 8.03. The van der Waals surface area contributed by atoms with Gasteiger partial charge in [0, 0.05) is 5.75 Å². The molecule has 1 rings (SSSR count). The van der Waals surface area contributed by atoms with Crippen molar-refractivity contribution < 1.29 is 9.21 Å². The predicted octanol–water partition coefficient (Wildman–Crippen LogP) is 0.586. The van der Waals surface area contributed by atoms with E-state index in [9.17, 15) is 4.79 Å². The van der Waals surface area contributed by atoms with Crippen LogP contribution in [0.25, 0.3) is 0 Å². The lowest BCUT2D eigenvalue weighted by molar-refractivity contribution is -0.119. The molecule has 0 radical (unpaired) electrons. The van der Waals surface area contributed by atoms with E-state index in [-0.39, 0.29) is 11.9 Å². The van der Waals surface area contributed by atoms with Gasteiger partial charge in [-0.25, -0.2) is 0 Å². The maximum absolute atomic E-state index is 10.8. The van der Waals surface area contributed by atoms with E-state index in [1.807, 2.05) is 12.1 Å². The third-order valence-corrected chi connectivity index (χ3v) is 2.86. The van der Waals surface area contributed by atoms with Gasteiger partial charge in [-0.05, 0) is 19.2 Å². The largest absolute Gasteiger partial charge is 0.468 e. The average Bonchev–Trinajstić information content (AvgIpc) is 2.64. The van der Waals surface area contributed by atoms with Crippen molar-refractivity contribution in [3.8, 4) is 0 Å². The Bertz CT molecular complexity index is 274. The highest BCUT2D eigenvalue weighted by molar-refractivity contribution is 7.98. The molecule has 4 nitrogen and oxygen atoms in total. The Morgan fingerprint density at radius 3 is 3.07 bits per heavy atom. The van der Waals surface area contributed by atoms with Crippen LogP contribution < -0.4 is 11.1 Å². The maximum atomic E-state index is 10.8. The van der Waals surface area contributed by atoms with Gasteiger partial charge in [-0.3, -0.25) is 4.79 Å². The Morgan fingerprint density at radius 2 is 2.57 bits per heavy atom. The van der Waals surface area contributed by atoms with E-state index in [0.29, 0.717) is 5.75 Å². The highest BCUT2D eigenvalue weighted by Gasteiger charge is 2.12. The summed E-state index contributed by atoms with van der Waals surface area (Å²) in [6.45, 7) is 0. The molecule has 0 aliphatic carbocycles. The Labute approximate surface area is 87.2 Å². The van der Waals surface area contributed by atoms with Gasteiger partial charge in [-0.15, -0.1) is 0 Å². The van der Waals surface area contributed by atoms with Crippen LogP contribution in [0, 0.1) is 0 Å². The van der Waals surface area contributed by atoms with Crippen LogP contribution in [0.5, 0.6) is 0 Å². The summed E-state index contributed by atoms with van der Waals surface area (Å²) in [6.07, 6.45) is 1.64. The predicted molar refractivity (Wildman–Crippen MR) is 56.9 cm³/mol. The van der Waals surface area contributed by atoms with Crippen molar-refractivity contribution in [1.82, 2.24) is 5.32 Å². The van der Waals surface area contributed by atoms with Gasteiger partial charge in [-0.2, -0.15) is 11.8 Å². The molecular formula is C9H14N2O2S. The number of likely N-dealkylation sites (N-methyl/N-ethyl adjacent to an activating group) is 1. The number of thioether (sulfide) groups is 1. The first kappa shape index (κ1) is 11.1. The topological polar surface area (TPSA) is 68.3 Å². The summed E-state index contributed by atoms with van der Waals surface area (Å²) in [7, 11) is 1.73. The molecule has 1 aromatic rings. The van der Waals surface area contributed by atoms with Crippen LogP contribution in [0.1, 0.15) is 5.76 Å². The second-order valence-electron chi connectivity index (χ2n) is 2.84. The number of rotatable bonds is 6. The number of primary amides is 1. The normalized spacial score (nSPS) is 12.6. The molecule has 0 bridgehead atoms. The average molecular weight is 214 g/mol. The number of carbonyl (C=O) groups excluding carboxylic acids is 1. The summed E-state index contributed by atoms with van der Waals surface area (Å²) >= 11 is 1.61. The summed E-state index contributed by atoms with van der Waals surface area (Å²) in [5.74, 6) is 2.01. The Morgan fingerprint density at radius 1 is 1.79 bits per heavy atom. The van der Waals surface area contributed by atoms with Crippen LogP contribution >= 0.6 is 11.8 Å². The molecule has 1 unspecified atom stereocenters. The molecule has 14 heavy (non-hydrogen) atoms. The monoisotopic (exact) mass is 214 g/mol. The second kappa shape index (κ2) is 5.72. The highest BCUT2D eigenvalue weighted by atomic mass is 32.2. The number of nitrogens with one attached hydrogen (secondary N) is 1. The molecule has 0 saturated heterocycles. The number of hydrogen-bond donors (Lipinski definition) is 2. The molecule has 1 amide bonds. The molecule has 5 heteroatoms. The fourth-order valence-corrected chi connectivity index (χ4v) is 2.03. The standard InChI is InChI=1S/C9H14N2O2S/c1-11-8(9(10)12)6-14-5-7-3-2-4-13-7/h2-4,8,11H,5-6H2,1H3,(H2,10,12). The van der Waals surface area contributed by atoms with Crippen molar-refractivity contribution in [1.29, 1.82) is 0 Å². The van der Waals surface area contributed by atoms with Crippen molar-refractivity contribution in [2.24, 2.45) is 5.73 Å². The molecule has 78 valence electrons. The molecule has 1 aromatic heterocycles.